The zero-order valence-electron chi connectivity index (χ0n) is 29.0. The van der Waals surface area contributed by atoms with E-state index >= 15 is 4.39 Å². The molecule has 13 nitrogen and oxygen atoms in total. The van der Waals surface area contributed by atoms with Gasteiger partial charge in [-0.1, -0.05) is 6.07 Å². The maximum absolute atomic E-state index is 15.6. The first-order valence-electron chi connectivity index (χ1n) is 16.5. The van der Waals surface area contributed by atoms with E-state index in [2.05, 4.69) is 14.8 Å². The molecule has 7 rings (SSSR count). The highest BCUT2D eigenvalue weighted by atomic mass is 19.1. The van der Waals surface area contributed by atoms with E-state index in [1.54, 1.807) is 52.2 Å². The van der Waals surface area contributed by atoms with Gasteiger partial charge in [0, 0.05) is 54.6 Å². The standard InChI is InChI=1S/C36H41FN8O5/c1-7-49-32(47)23-11-10-22-9-8-20(17-45(22)31(23)46)25-16-40-30-27(29(25)44-18-35(38)12-13-42(5)36(35,39)19-44)24-14-21(37)15-26(28(24)41-30)43(6)33(48)50-34(2,3)4/h8-11,14-17H,7,12-13,18-19,38-39H2,1-6H3,(H,40,41)/t35-,36-/m1/s1. The molecule has 5 aromatic rings. The first kappa shape index (κ1) is 33.4. The first-order chi connectivity index (χ1) is 23.5. The van der Waals surface area contributed by atoms with E-state index < -0.39 is 40.2 Å². The van der Waals surface area contributed by atoms with Gasteiger partial charge in [-0.05, 0) is 71.5 Å². The lowest BCUT2D eigenvalue weighted by atomic mass is 9.89. The summed E-state index contributed by atoms with van der Waals surface area (Å²) in [7, 11) is 3.48. The van der Waals surface area contributed by atoms with E-state index in [0.717, 1.165) is 6.54 Å². The number of carbonyl (C=O) groups is 2. The van der Waals surface area contributed by atoms with Crippen molar-refractivity contribution in [3.63, 3.8) is 0 Å². The number of aromatic amines is 1. The van der Waals surface area contributed by atoms with Gasteiger partial charge in [-0.25, -0.2) is 19.0 Å². The summed E-state index contributed by atoms with van der Waals surface area (Å²) < 4.78 is 27.7. The number of nitrogens with one attached hydrogen (secondary N) is 1. The predicted octanol–water partition coefficient (Wildman–Crippen LogP) is 4.19. The van der Waals surface area contributed by atoms with Crippen molar-refractivity contribution in [1.82, 2.24) is 19.3 Å². The van der Waals surface area contributed by atoms with Gasteiger partial charge in [0.15, 0.2) is 0 Å². The normalized spacial score (nSPS) is 20.9. The molecule has 5 N–H and O–H groups in total. The van der Waals surface area contributed by atoms with Crippen LogP contribution in [0.5, 0.6) is 0 Å². The Morgan fingerprint density at radius 3 is 2.58 bits per heavy atom. The SMILES string of the molecule is CCOC(=O)c1ccc2ccc(-c3cnc4[nH]c5c(N(C)C(=O)OC(C)(C)C)cc(F)cc5c4c3N3C[C@]4(N)CCN(C)[C@]4(N)C3)cn2c1=O. The van der Waals surface area contributed by atoms with Crippen molar-refractivity contribution in [2.45, 2.75) is 50.9 Å². The van der Waals surface area contributed by atoms with Crippen molar-refractivity contribution >= 4 is 50.9 Å². The number of anilines is 2. The summed E-state index contributed by atoms with van der Waals surface area (Å²) in [5, 5.41) is 1.08. The quantitative estimate of drug-likeness (QED) is 0.229. The Labute approximate surface area is 287 Å². The molecule has 50 heavy (non-hydrogen) atoms. The largest absolute Gasteiger partial charge is 0.462 e. The average molecular weight is 685 g/mol. The Morgan fingerprint density at radius 1 is 1.14 bits per heavy atom. The number of nitrogens with two attached hydrogens (primary N) is 2. The lowest BCUT2D eigenvalue weighted by Crippen LogP contribution is -2.67. The summed E-state index contributed by atoms with van der Waals surface area (Å²) in [5.41, 5.74) is 14.8. The fourth-order valence-corrected chi connectivity index (χ4v) is 7.34. The van der Waals surface area contributed by atoms with Crippen LogP contribution in [-0.4, -0.2) is 88.5 Å². The number of pyridine rings is 3. The number of likely N-dealkylation sites (tertiary alicyclic amines) is 1. The number of carbonyl (C=O) groups excluding carboxylic acids is 2. The zero-order chi connectivity index (χ0) is 35.9. The van der Waals surface area contributed by atoms with Crippen LogP contribution in [0, 0.1) is 5.82 Å². The Hall–Kier alpha value is -5.05. The van der Waals surface area contributed by atoms with Gasteiger partial charge in [0.05, 0.1) is 41.0 Å². The van der Waals surface area contributed by atoms with Gasteiger partial charge in [0.25, 0.3) is 5.56 Å². The molecule has 2 saturated heterocycles. The van der Waals surface area contributed by atoms with Gasteiger partial charge >= 0.3 is 12.1 Å². The molecule has 4 aromatic heterocycles. The summed E-state index contributed by atoms with van der Waals surface area (Å²) in [5.74, 6) is -1.27. The minimum absolute atomic E-state index is 0.0883. The Morgan fingerprint density at radius 2 is 1.88 bits per heavy atom. The van der Waals surface area contributed by atoms with Crippen molar-refractivity contribution in [2.75, 3.05) is 50.1 Å². The number of halogens is 1. The molecule has 0 bridgehead atoms. The Balaban J connectivity index is 1.48. The maximum Gasteiger partial charge on any atom is 0.414 e. The van der Waals surface area contributed by atoms with Crippen molar-refractivity contribution in [3.8, 4) is 11.1 Å². The fraction of sp³-hybridized carbons (Fsp3) is 0.389. The van der Waals surface area contributed by atoms with Gasteiger partial charge in [0.2, 0.25) is 0 Å². The Bertz CT molecular complexity index is 2280. The van der Waals surface area contributed by atoms with E-state index in [9.17, 15) is 14.4 Å². The molecule has 262 valence electrons. The molecule has 0 radical (unpaired) electrons. The Kier molecular flexibility index (Phi) is 7.70. The molecule has 2 atom stereocenters. The fourth-order valence-electron chi connectivity index (χ4n) is 7.34. The lowest BCUT2D eigenvalue weighted by molar-refractivity contribution is 0.0522. The number of hydrogen-bond donors (Lipinski definition) is 3. The van der Waals surface area contributed by atoms with E-state index in [0.29, 0.717) is 63.8 Å². The number of aromatic nitrogens is 3. The first-order valence-corrected chi connectivity index (χ1v) is 16.5. The zero-order valence-corrected chi connectivity index (χ0v) is 29.0. The minimum atomic E-state index is -0.853. The highest BCUT2D eigenvalue weighted by Gasteiger charge is 2.60. The monoisotopic (exact) mass is 684 g/mol. The molecule has 0 spiro atoms. The highest BCUT2D eigenvalue weighted by Crippen LogP contribution is 2.47. The molecule has 1 amide bonds. The number of ether oxygens (including phenoxy) is 2. The van der Waals surface area contributed by atoms with Gasteiger partial charge in [-0.15, -0.1) is 0 Å². The maximum atomic E-state index is 15.6. The number of H-pyrrole nitrogens is 1. The summed E-state index contributed by atoms with van der Waals surface area (Å²) >= 11 is 0. The van der Waals surface area contributed by atoms with Crippen LogP contribution in [-0.2, 0) is 9.47 Å². The average Bonchev–Trinajstić information content (AvgIpc) is 3.63. The summed E-state index contributed by atoms with van der Waals surface area (Å²) in [6.45, 7) is 8.59. The third-order valence-electron chi connectivity index (χ3n) is 9.99. The van der Waals surface area contributed by atoms with Crippen molar-refractivity contribution in [3.05, 3.63) is 70.5 Å². The highest BCUT2D eigenvalue weighted by molar-refractivity contribution is 6.19. The van der Waals surface area contributed by atoms with E-state index in [4.69, 9.17) is 25.9 Å². The number of likely N-dealkylation sites (N-methyl/N-ethyl adjacent to an activating group) is 1. The lowest BCUT2D eigenvalue weighted by Gasteiger charge is -2.36. The van der Waals surface area contributed by atoms with E-state index in [1.807, 2.05) is 13.1 Å². The number of esters is 1. The molecular weight excluding hydrogens is 643 g/mol. The second kappa shape index (κ2) is 11.5. The second-order valence-corrected chi connectivity index (χ2v) is 14.3. The topological polar surface area (TPSA) is 165 Å². The van der Waals surface area contributed by atoms with Crippen LogP contribution in [0.2, 0.25) is 0 Å². The molecule has 0 unspecified atom stereocenters. The molecule has 2 aliphatic rings. The predicted molar refractivity (Wildman–Crippen MR) is 190 cm³/mol. The van der Waals surface area contributed by atoms with Crippen LogP contribution in [0.25, 0.3) is 38.6 Å². The van der Waals surface area contributed by atoms with Crippen molar-refractivity contribution in [1.29, 1.82) is 0 Å². The third-order valence-corrected chi connectivity index (χ3v) is 9.99. The smallest absolute Gasteiger partial charge is 0.414 e. The van der Waals surface area contributed by atoms with Gasteiger partial charge < -0.3 is 30.8 Å². The number of amides is 1. The van der Waals surface area contributed by atoms with Crippen LogP contribution < -0.4 is 26.8 Å². The molecule has 1 aromatic carbocycles. The van der Waals surface area contributed by atoms with Crippen LogP contribution in [0.3, 0.4) is 0 Å². The van der Waals surface area contributed by atoms with Crippen LogP contribution in [0.4, 0.5) is 20.6 Å². The van der Waals surface area contributed by atoms with Gasteiger partial charge in [-0.2, -0.15) is 0 Å². The van der Waals surface area contributed by atoms with E-state index in [1.165, 1.54) is 34.5 Å². The minimum Gasteiger partial charge on any atom is -0.462 e. The molecule has 0 aliphatic carbocycles. The molecule has 6 heterocycles. The molecule has 0 saturated carbocycles. The van der Waals surface area contributed by atoms with Gasteiger partial charge in [-0.3, -0.25) is 19.0 Å². The number of rotatable bonds is 5. The van der Waals surface area contributed by atoms with Crippen molar-refractivity contribution < 1.29 is 23.5 Å². The molecule has 2 aliphatic heterocycles. The third kappa shape index (κ3) is 5.17. The van der Waals surface area contributed by atoms with Crippen LogP contribution in [0.15, 0.2) is 53.6 Å². The van der Waals surface area contributed by atoms with Gasteiger partial charge in [0.1, 0.15) is 28.3 Å². The summed E-state index contributed by atoms with van der Waals surface area (Å²) in [6, 6.07) is 9.47. The summed E-state index contributed by atoms with van der Waals surface area (Å²) in [6.07, 6.45) is 3.37. The molecule has 14 heteroatoms. The number of nitrogens with zero attached hydrogens (tertiary/aromatic N) is 5. The van der Waals surface area contributed by atoms with E-state index in [-0.39, 0.29) is 17.9 Å². The summed E-state index contributed by atoms with van der Waals surface area (Å²) in [4.78, 5) is 52.8. The molecule has 2 fully saturated rings. The second-order valence-electron chi connectivity index (χ2n) is 14.3. The van der Waals surface area contributed by atoms with Crippen LogP contribution >= 0.6 is 0 Å². The van der Waals surface area contributed by atoms with Crippen LogP contribution in [0.1, 0.15) is 44.5 Å². The number of benzene rings is 1. The number of hydrogen-bond acceptors (Lipinski definition) is 10. The number of fused-ring (bicyclic) bond motifs is 5. The van der Waals surface area contributed by atoms with Crippen molar-refractivity contribution in [2.24, 2.45) is 11.5 Å². The molecular formula is C36H41FN8O5.